The van der Waals surface area contributed by atoms with Crippen molar-refractivity contribution in [2.24, 2.45) is 5.92 Å². The molecular weight excluding hydrogens is 640 g/mol. The zero-order chi connectivity index (χ0) is 30.8. The van der Waals surface area contributed by atoms with Crippen molar-refractivity contribution in [3.05, 3.63) is 41.8 Å². The second-order valence-corrected chi connectivity index (χ2v) is 12.9. The lowest BCUT2D eigenvalue weighted by Gasteiger charge is -2.12. The lowest BCUT2D eigenvalue weighted by molar-refractivity contribution is -0.152. The highest BCUT2D eigenvalue weighted by Gasteiger charge is 2.45. The van der Waals surface area contributed by atoms with Gasteiger partial charge in [-0.1, -0.05) is 69.2 Å². The van der Waals surface area contributed by atoms with Crippen LogP contribution in [0.4, 0.5) is 13.2 Å². The number of aromatic nitrogens is 2. The molecule has 3 aromatic rings. The Labute approximate surface area is 280 Å². The summed E-state index contributed by atoms with van der Waals surface area (Å²) in [4.78, 5) is 21.4. The predicted octanol–water partition coefficient (Wildman–Crippen LogP) is 10.3. The molecule has 46 heavy (non-hydrogen) atoms. The van der Waals surface area contributed by atoms with Crippen LogP contribution in [0.3, 0.4) is 0 Å². The van der Waals surface area contributed by atoms with Gasteiger partial charge < -0.3 is 9.47 Å². The van der Waals surface area contributed by atoms with Crippen molar-refractivity contribution in [1.29, 1.82) is 0 Å². The van der Waals surface area contributed by atoms with Crippen LogP contribution >= 0.6 is 11.3 Å². The van der Waals surface area contributed by atoms with E-state index in [1.807, 2.05) is 69.5 Å². The third kappa shape index (κ3) is 16.2. The summed E-state index contributed by atoms with van der Waals surface area (Å²) in [5, 5.41) is 2.03. The molecule has 13 heteroatoms. The minimum absolute atomic E-state index is 0. The molecule has 0 aliphatic heterocycles. The third-order valence-electron chi connectivity index (χ3n) is 5.39. The summed E-state index contributed by atoms with van der Waals surface area (Å²) in [7, 11) is -5.15. The number of thiophene rings is 1. The number of carbonyl (C=O) groups is 1. The Hall–Kier alpha value is -2.77. The fourth-order valence-electron chi connectivity index (χ4n) is 3.55. The number of benzene rings is 1. The summed E-state index contributed by atoms with van der Waals surface area (Å²) < 4.78 is 67.5. The average molecular weight is 698 g/mol. The zero-order valence-corrected chi connectivity index (χ0v) is 25.7. The number of fused-ring (bicyclic) bond motifs is 1. The summed E-state index contributed by atoms with van der Waals surface area (Å²) in [6.45, 7) is 10.4. The van der Waals surface area contributed by atoms with Gasteiger partial charge in [0.05, 0.1) is 27.9 Å². The van der Waals surface area contributed by atoms with Gasteiger partial charge in [-0.05, 0) is 77.0 Å². The van der Waals surface area contributed by atoms with Crippen LogP contribution in [0.25, 0.3) is 21.6 Å². The molecule has 0 saturated heterocycles. The molecule has 4 rings (SSSR count). The molecule has 2 heterocycles. The normalized spacial score (nSPS) is 12.5. The first-order valence-electron chi connectivity index (χ1n) is 13.4. The Morgan fingerprint density at radius 1 is 0.891 bits per heavy atom. The molecule has 1 aliphatic carbocycles. The predicted molar refractivity (Wildman–Crippen MR) is 189 cm³/mol. The van der Waals surface area contributed by atoms with E-state index >= 15 is 0 Å². The number of sulfonamides is 1. The van der Waals surface area contributed by atoms with Crippen molar-refractivity contribution in [3.8, 4) is 16.5 Å². The molecule has 1 saturated carbocycles. The van der Waals surface area contributed by atoms with Crippen LogP contribution < -0.4 is 9.46 Å². The lowest BCUT2D eigenvalue weighted by atomic mass is 10.2. The van der Waals surface area contributed by atoms with Gasteiger partial charge in [0.1, 0.15) is 11.8 Å². The minimum atomic E-state index is -5.21. The fourth-order valence-corrected chi connectivity index (χ4v) is 5.01. The van der Waals surface area contributed by atoms with Gasteiger partial charge in [-0.2, -0.15) is 13.2 Å². The second kappa shape index (κ2) is 22.7. The van der Waals surface area contributed by atoms with Crippen LogP contribution in [0.15, 0.2) is 41.8 Å². The molecular formula is C33H58F3N3O5S2. The Morgan fingerprint density at radius 3 is 1.80 bits per heavy atom. The summed E-state index contributed by atoms with van der Waals surface area (Å²) in [5.41, 5.74) is -2.64. The van der Waals surface area contributed by atoms with E-state index < -0.39 is 21.6 Å². The number of halogens is 3. The van der Waals surface area contributed by atoms with E-state index in [0.717, 1.165) is 34.4 Å². The molecule has 1 aliphatic rings. The van der Waals surface area contributed by atoms with Gasteiger partial charge >= 0.3 is 21.5 Å². The van der Waals surface area contributed by atoms with Gasteiger partial charge in [0.2, 0.25) is 5.88 Å². The maximum absolute atomic E-state index is 11.5. The summed E-state index contributed by atoms with van der Waals surface area (Å²) >= 11 is 1.64. The van der Waals surface area contributed by atoms with Crippen molar-refractivity contribution in [3.63, 3.8) is 0 Å². The number of nitrogens with one attached hydrogen (secondary N) is 1. The molecule has 268 valence electrons. The molecule has 0 atom stereocenters. The molecule has 0 radical (unpaired) electrons. The number of nitrogens with zero attached hydrogens (tertiary/aromatic N) is 2. The Morgan fingerprint density at radius 2 is 1.41 bits per heavy atom. The maximum atomic E-state index is 11.5. The highest BCUT2D eigenvalue weighted by atomic mass is 32.2. The summed E-state index contributed by atoms with van der Waals surface area (Å²) in [6, 6.07) is 11.2. The van der Waals surface area contributed by atoms with Gasteiger partial charge in [-0.3, -0.25) is 4.79 Å². The van der Waals surface area contributed by atoms with E-state index in [0.29, 0.717) is 5.88 Å². The first kappa shape index (κ1) is 50.1. The van der Waals surface area contributed by atoms with Crippen molar-refractivity contribution >= 4 is 38.4 Å². The monoisotopic (exact) mass is 697 g/mol. The molecule has 0 amide bonds. The molecule has 0 unspecified atom stereocenters. The van der Waals surface area contributed by atoms with Gasteiger partial charge in [0, 0.05) is 6.04 Å². The van der Waals surface area contributed by atoms with Crippen LogP contribution in [0.1, 0.15) is 104 Å². The summed E-state index contributed by atoms with van der Waals surface area (Å²) in [5.74, 6) is 0.587. The van der Waals surface area contributed by atoms with E-state index in [-0.39, 0.29) is 61.2 Å². The fraction of sp³-hybridized carbons (Fsp3) is 0.606. The summed E-state index contributed by atoms with van der Waals surface area (Å²) in [6.07, 6.45) is 4.88. The van der Waals surface area contributed by atoms with Gasteiger partial charge in [0.15, 0.2) is 0 Å². The first-order valence-corrected chi connectivity index (χ1v) is 15.7. The number of esters is 1. The SMILES string of the molecule is C.C.C.C.C.CC(C)C(=O)OC1CCCC1.CC(C)NS(=O)(=O)C(F)(F)F.CC(C)Oc1nc2ccccc2nc1-c1cccs1. The number of hydrogen-bond acceptors (Lipinski definition) is 8. The molecule has 1 N–H and O–H groups in total. The average Bonchev–Trinajstić information content (AvgIpc) is 3.57. The van der Waals surface area contributed by atoms with Crippen molar-refractivity contribution in [1.82, 2.24) is 14.7 Å². The molecule has 0 bridgehead atoms. The Balaban J connectivity index is -0.000000289. The molecule has 1 fully saturated rings. The Kier molecular flexibility index (Phi) is 24.7. The van der Waals surface area contributed by atoms with Gasteiger partial charge in [-0.15, -0.1) is 11.3 Å². The van der Waals surface area contributed by atoms with Gasteiger partial charge in [-0.25, -0.2) is 23.1 Å². The number of alkyl halides is 3. The largest absolute Gasteiger partial charge is 0.511 e. The molecule has 2 aromatic heterocycles. The van der Waals surface area contributed by atoms with Crippen molar-refractivity contribution in [2.45, 2.75) is 128 Å². The molecule has 0 spiro atoms. The first-order chi connectivity index (χ1) is 19.1. The number of para-hydroxylation sites is 2. The molecule has 8 nitrogen and oxygen atoms in total. The topological polar surface area (TPSA) is 107 Å². The Bertz CT molecular complexity index is 1340. The maximum Gasteiger partial charge on any atom is 0.511 e. The second-order valence-electron chi connectivity index (χ2n) is 10.2. The standard InChI is InChI=1S/C15H14N2OS.C9H16O2.C4H8F3NO2S.5CH4/c1-10(2)18-15-14(13-8-5-9-19-13)16-11-6-3-4-7-12(11)17-15;1-7(2)9(10)11-8-5-3-4-6-8;1-3(2)8-11(9,10)4(5,6)7;;;;;/h3-10H,1-2H3;7-8H,3-6H2,1-2H3;3,8H,1-2H3;5*1H4. The lowest BCUT2D eigenvalue weighted by Crippen LogP contribution is -2.40. The van der Waals surface area contributed by atoms with Crippen LogP contribution in [0, 0.1) is 5.92 Å². The van der Waals surface area contributed by atoms with Crippen molar-refractivity contribution < 1.29 is 35.9 Å². The molecule has 1 aromatic carbocycles. The van der Waals surface area contributed by atoms with E-state index in [1.165, 1.54) is 31.4 Å². The van der Waals surface area contributed by atoms with Crippen LogP contribution in [0.2, 0.25) is 0 Å². The number of ether oxygens (including phenoxy) is 2. The number of carbonyl (C=O) groups excluding carboxylic acids is 1. The van der Waals surface area contributed by atoms with E-state index in [2.05, 4.69) is 4.98 Å². The third-order valence-corrected chi connectivity index (χ3v) is 7.66. The van der Waals surface area contributed by atoms with Gasteiger partial charge in [0.25, 0.3) is 0 Å². The van der Waals surface area contributed by atoms with E-state index in [9.17, 15) is 26.4 Å². The quantitative estimate of drug-likeness (QED) is 0.245. The highest BCUT2D eigenvalue weighted by molar-refractivity contribution is 7.90. The van der Waals surface area contributed by atoms with Crippen LogP contribution in [0.5, 0.6) is 5.88 Å². The number of hydrogen-bond donors (Lipinski definition) is 1. The van der Waals surface area contributed by atoms with Crippen LogP contribution in [-0.4, -0.2) is 48.1 Å². The smallest absolute Gasteiger partial charge is 0.473 e. The van der Waals surface area contributed by atoms with E-state index in [1.54, 1.807) is 11.3 Å². The zero-order valence-electron chi connectivity index (χ0n) is 24.1. The van der Waals surface area contributed by atoms with Crippen molar-refractivity contribution in [2.75, 3.05) is 0 Å². The van der Waals surface area contributed by atoms with E-state index in [4.69, 9.17) is 14.5 Å². The highest BCUT2D eigenvalue weighted by Crippen LogP contribution is 2.32. The number of rotatable bonds is 7. The minimum Gasteiger partial charge on any atom is -0.473 e. The van der Waals surface area contributed by atoms with Crippen LogP contribution in [-0.2, 0) is 19.6 Å².